The van der Waals surface area contributed by atoms with E-state index < -0.39 is 0 Å². The first kappa shape index (κ1) is 10.6. The van der Waals surface area contributed by atoms with Crippen LogP contribution in [0.4, 0.5) is 0 Å². The van der Waals surface area contributed by atoms with E-state index in [9.17, 15) is 0 Å². The highest BCUT2D eigenvalue weighted by molar-refractivity contribution is 5.85. The number of halogens is 1. The number of nitrogens with two attached hydrogens (primary N) is 1. The molecule has 2 bridgehead atoms. The maximum Gasteiger partial charge on any atom is 0.0758 e. The van der Waals surface area contributed by atoms with E-state index in [0.29, 0.717) is 13.2 Å². The second-order valence-electron chi connectivity index (χ2n) is 3.90. The Hall–Kier alpha value is -0.480. The molecule has 0 amide bonds. The Bertz CT molecular complexity index is 243. The zero-order valence-electron chi connectivity index (χ0n) is 7.27. The van der Waals surface area contributed by atoms with E-state index in [0.717, 1.165) is 19.3 Å². The molecule has 2 atom stereocenters. The Morgan fingerprint density at radius 2 is 2.31 bits per heavy atom. The number of nitrogens with zero attached hydrogens (tertiary/aromatic N) is 3. The summed E-state index contributed by atoms with van der Waals surface area (Å²) in [5, 5.41) is 3.55. The van der Waals surface area contributed by atoms with Gasteiger partial charge in [0.1, 0.15) is 0 Å². The van der Waals surface area contributed by atoms with Crippen molar-refractivity contribution < 1.29 is 4.74 Å². The lowest BCUT2D eigenvalue weighted by Gasteiger charge is -2.25. The molecule has 1 saturated carbocycles. The van der Waals surface area contributed by atoms with Crippen LogP contribution in [-0.2, 0) is 4.74 Å². The van der Waals surface area contributed by atoms with Gasteiger partial charge in [-0.2, -0.15) is 0 Å². The van der Waals surface area contributed by atoms with Gasteiger partial charge in [0, 0.05) is 10.5 Å². The molecule has 0 aromatic rings. The van der Waals surface area contributed by atoms with Gasteiger partial charge in [0.05, 0.1) is 18.8 Å². The second kappa shape index (κ2) is 3.35. The quantitative estimate of drug-likeness (QED) is 0.419. The Morgan fingerprint density at radius 3 is 2.69 bits per heavy atom. The van der Waals surface area contributed by atoms with E-state index in [2.05, 4.69) is 10.0 Å². The van der Waals surface area contributed by atoms with E-state index in [-0.39, 0.29) is 23.5 Å². The molecule has 0 radical (unpaired) electrons. The Balaban J connectivity index is 0.000000845. The van der Waals surface area contributed by atoms with Gasteiger partial charge < -0.3 is 10.5 Å². The maximum absolute atomic E-state index is 8.19. The first-order valence-corrected chi connectivity index (χ1v) is 4.12. The molecule has 0 spiro atoms. The molecule has 2 unspecified atom stereocenters. The van der Waals surface area contributed by atoms with Crippen molar-refractivity contribution >= 4 is 12.4 Å². The van der Waals surface area contributed by atoms with Crippen molar-refractivity contribution in [3.8, 4) is 0 Å². The molecule has 2 N–H and O–H groups in total. The van der Waals surface area contributed by atoms with Crippen molar-refractivity contribution in [2.45, 2.75) is 30.4 Å². The van der Waals surface area contributed by atoms with Crippen LogP contribution in [0.25, 0.3) is 10.4 Å². The molecule has 0 aromatic carbocycles. The molecule has 1 aliphatic carbocycles. The van der Waals surface area contributed by atoms with Gasteiger partial charge in [-0.25, -0.2) is 0 Å². The summed E-state index contributed by atoms with van der Waals surface area (Å²) in [5.41, 5.74) is 13.8. The third-order valence-electron chi connectivity index (χ3n) is 2.84. The monoisotopic (exact) mass is 204 g/mol. The average Bonchev–Trinajstić information content (AvgIpc) is 2.55. The molecule has 1 heterocycles. The normalized spacial score (nSPS) is 41.0. The van der Waals surface area contributed by atoms with Gasteiger partial charge in [0.2, 0.25) is 0 Å². The molecule has 1 aliphatic heterocycles. The van der Waals surface area contributed by atoms with Crippen LogP contribution in [0.5, 0.6) is 0 Å². The highest BCUT2D eigenvalue weighted by Gasteiger charge is 2.53. The van der Waals surface area contributed by atoms with E-state index in [1.807, 2.05) is 0 Å². The van der Waals surface area contributed by atoms with E-state index >= 15 is 0 Å². The molecule has 0 aromatic heterocycles. The fraction of sp³-hybridized carbons (Fsp3) is 1.00. The molecule has 13 heavy (non-hydrogen) atoms. The summed E-state index contributed by atoms with van der Waals surface area (Å²) in [6, 6.07) is 0. The topological polar surface area (TPSA) is 84.0 Å². The van der Waals surface area contributed by atoms with Crippen molar-refractivity contribution in [2.24, 2.45) is 10.8 Å². The molecule has 2 fully saturated rings. The van der Waals surface area contributed by atoms with Crippen LogP contribution in [0.15, 0.2) is 5.11 Å². The molecule has 5 nitrogen and oxygen atoms in total. The number of ether oxygens (including phenoxy) is 1. The zero-order chi connectivity index (χ0) is 8.66. The van der Waals surface area contributed by atoms with Crippen LogP contribution in [0.2, 0.25) is 0 Å². The van der Waals surface area contributed by atoms with Crippen molar-refractivity contribution in [1.29, 1.82) is 0 Å². The van der Waals surface area contributed by atoms with Crippen LogP contribution in [-0.4, -0.2) is 24.3 Å². The summed E-state index contributed by atoms with van der Waals surface area (Å²) < 4.78 is 5.55. The van der Waals surface area contributed by atoms with Crippen LogP contribution in [0, 0.1) is 0 Å². The lowest BCUT2D eigenvalue weighted by Crippen LogP contribution is -2.38. The summed E-state index contributed by atoms with van der Waals surface area (Å²) in [7, 11) is 0. The van der Waals surface area contributed by atoms with Crippen LogP contribution in [0.3, 0.4) is 0 Å². The molecule has 6 heteroatoms. The summed E-state index contributed by atoms with van der Waals surface area (Å²) in [5.74, 6) is 0. The predicted octanol–water partition coefficient (Wildman–Crippen LogP) is 1.37. The Labute approximate surface area is 82.7 Å². The molecular weight excluding hydrogens is 192 g/mol. The fourth-order valence-electron chi connectivity index (χ4n) is 2.18. The Morgan fingerprint density at radius 1 is 1.54 bits per heavy atom. The zero-order valence-corrected chi connectivity index (χ0v) is 8.09. The van der Waals surface area contributed by atoms with Gasteiger partial charge >= 0.3 is 0 Å². The number of hydrogen-bond donors (Lipinski definition) is 1. The van der Waals surface area contributed by atoms with Crippen molar-refractivity contribution in [3.63, 3.8) is 0 Å². The van der Waals surface area contributed by atoms with Crippen molar-refractivity contribution in [1.82, 2.24) is 0 Å². The van der Waals surface area contributed by atoms with Crippen LogP contribution >= 0.6 is 12.4 Å². The third kappa shape index (κ3) is 1.74. The summed E-state index contributed by atoms with van der Waals surface area (Å²) >= 11 is 0. The largest absolute Gasteiger partial charge is 0.373 e. The lowest BCUT2D eigenvalue weighted by molar-refractivity contribution is -0.0122. The summed E-state index contributed by atoms with van der Waals surface area (Å²) in [6.07, 6.45) is 2.77. The van der Waals surface area contributed by atoms with Crippen LogP contribution in [0.1, 0.15) is 19.3 Å². The van der Waals surface area contributed by atoms with Gasteiger partial charge in [0.25, 0.3) is 0 Å². The molecular formula is C7H13ClN4O. The smallest absolute Gasteiger partial charge is 0.0758 e. The molecule has 1 saturated heterocycles. The van der Waals surface area contributed by atoms with Gasteiger partial charge in [-0.3, -0.25) is 0 Å². The molecule has 2 aliphatic rings. The van der Waals surface area contributed by atoms with Gasteiger partial charge in [-0.05, 0) is 24.8 Å². The van der Waals surface area contributed by atoms with Crippen molar-refractivity contribution in [3.05, 3.63) is 10.4 Å². The average molecular weight is 205 g/mol. The van der Waals surface area contributed by atoms with E-state index in [1.165, 1.54) is 0 Å². The summed E-state index contributed by atoms with van der Waals surface area (Å²) in [4.78, 5) is 2.74. The minimum atomic E-state index is -0.221. The predicted molar refractivity (Wildman–Crippen MR) is 50.7 cm³/mol. The second-order valence-corrected chi connectivity index (χ2v) is 3.90. The van der Waals surface area contributed by atoms with Crippen molar-refractivity contribution in [2.75, 3.05) is 13.2 Å². The highest BCUT2D eigenvalue weighted by atomic mass is 35.5. The highest BCUT2D eigenvalue weighted by Crippen LogP contribution is 2.45. The minimum absolute atomic E-state index is 0. The number of hydrogen-bond acceptors (Lipinski definition) is 3. The number of fused-ring (bicyclic) bond motifs is 2. The number of azide groups is 1. The maximum atomic E-state index is 8.19. The minimum Gasteiger partial charge on any atom is -0.373 e. The standard InChI is InChI=1S/C7H12N4O.ClH/c8-6-1-2-7(3-6,12-5-6)4-10-11-9;/h1-5,8H2;1H. The van der Waals surface area contributed by atoms with E-state index in [1.54, 1.807) is 0 Å². The first-order chi connectivity index (χ1) is 5.68. The van der Waals surface area contributed by atoms with E-state index in [4.69, 9.17) is 16.0 Å². The van der Waals surface area contributed by atoms with Gasteiger partial charge in [-0.15, -0.1) is 12.4 Å². The fourth-order valence-corrected chi connectivity index (χ4v) is 2.18. The molecule has 2 rings (SSSR count). The van der Waals surface area contributed by atoms with Gasteiger partial charge in [0.15, 0.2) is 0 Å². The van der Waals surface area contributed by atoms with Gasteiger partial charge in [-0.1, -0.05) is 5.11 Å². The number of rotatable bonds is 2. The summed E-state index contributed by atoms with van der Waals surface area (Å²) in [6.45, 7) is 1.05. The molecule has 74 valence electrons. The first-order valence-electron chi connectivity index (χ1n) is 4.12. The Kier molecular flexibility index (Phi) is 2.73. The van der Waals surface area contributed by atoms with Crippen LogP contribution < -0.4 is 5.73 Å². The lowest BCUT2D eigenvalue weighted by atomic mass is 10.0. The third-order valence-corrected chi connectivity index (χ3v) is 2.84. The SMILES string of the molecule is Cl.[N-]=[N+]=NCC12CCC(N)(CO1)C2.